The van der Waals surface area contributed by atoms with Crippen molar-refractivity contribution in [2.75, 3.05) is 32.8 Å². The van der Waals surface area contributed by atoms with E-state index in [1.165, 1.54) is 19.3 Å². The lowest BCUT2D eigenvalue weighted by Crippen LogP contribution is -2.47. The van der Waals surface area contributed by atoms with E-state index >= 15 is 0 Å². The summed E-state index contributed by atoms with van der Waals surface area (Å²) in [6.07, 6.45) is 6.16. The van der Waals surface area contributed by atoms with Crippen LogP contribution in [-0.4, -0.2) is 72.6 Å². The lowest BCUT2D eigenvalue weighted by molar-refractivity contribution is 0.0646. The van der Waals surface area contributed by atoms with Crippen molar-refractivity contribution < 1.29 is 14.3 Å². The summed E-state index contributed by atoms with van der Waals surface area (Å²) in [4.78, 5) is 30.4. The standard InChI is InChI=1S/C29H37N3O3/c1-20(2)35-17-14-30-28(33)22-8-6-21(7-9-22)23-10-11-27-24(18-23)12-16-32(29(27)34)26-13-15-31(19-26)25-4-3-5-25/h6-11,18,20,25-26H,3-5,12-17,19H2,1-2H3,(H,30,33)/t26-/m1/s1. The number of fused-ring (bicyclic) bond motifs is 1. The highest BCUT2D eigenvalue weighted by Crippen LogP contribution is 2.32. The molecular weight excluding hydrogens is 438 g/mol. The Morgan fingerprint density at radius 2 is 1.80 bits per heavy atom. The minimum Gasteiger partial charge on any atom is -0.377 e. The number of hydrogen-bond acceptors (Lipinski definition) is 4. The van der Waals surface area contributed by atoms with Crippen LogP contribution in [-0.2, 0) is 11.2 Å². The highest BCUT2D eigenvalue weighted by Gasteiger charge is 2.37. The Hall–Kier alpha value is -2.70. The molecule has 2 heterocycles. The van der Waals surface area contributed by atoms with E-state index in [4.69, 9.17) is 4.74 Å². The van der Waals surface area contributed by atoms with Gasteiger partial charge in [-0.25, -0.2) is 0 Å². The zero-order chi connectivity index (χ0) is 24.4. The van der Waals surface area contributed by atoms with Crippen molar-refractivity contribution >= 4 is 11.8 Å². The summed E-state index contributed by atoms with van der Waals surface area (Å²) in [7, 11) is 0. The topological polar surface area (TPSA) is 61.9 Å². The number of likely N-dealkylation sites (tertiary alicyclic amines) is 1. The molecule has 5 rings (SSSR count). The monoisotopic (exact) mass is 475 g/mol. The van der Waals surface area contributed by atoms with E-state index < -0.39 is 0 Å². The summed E-state index contributed by atoms with van der Waals surface area (Å²) in [5.74, 6) is 0.0922. The average molecular weight is 476 g/mol. The SMILES string of the molecule is CC(C)OCCNC(=O)c1ccc(-c2ccc3c(c2)CCN([C@@H]2CCN(C4CCC4)C2)C3=O)cc1. The number of hydrogen-bond donors (Lipinski definition) is 1. The van der Waals surface area contributed by atoms with Crippen LogP contribution in [0.25, 0.3) is 11.1 Å². The van der Waals surface area contributed by atoms with Gasteiger partial charge in [0.15, 0.2) is 0 Å². The minimum absolute atomic E-state index is 0.0946. The largest absolute Gasteiger partial charge is 0.377 e. The Bertz CT molecular complexity index is 1060. The maximum atomic E-state index is 13.3. The van der Waals surface area contributed by atoms with Crippen LogP contribution in [0, 0.1) is 0 Å². The van der Waals surface area contributed by atoms with Crippen LogP contribution in [0.2, 0.25) is 0 Å². The third-order valence-electron chi connectivity index (χ3n) is 7.76. The minimum atomic E-state index is -0.0946. The molecule has 1 saturated heterocycles. The highest BCUT2D eigenvalue weighted by molar-refractivity contribution is 5.98. The summed E-state index contributed by atoms with van der Waals surface area (Å²) < 4.78 is 5.47. The third kappa shape index (κ3) is 5.29. The first-order chi connectivity index (χ1) is 17.0. The molecule has 6 heteroatoms. The van der Waals surface area contributed by atoms with Gasteiger partial charge in [0.2, 0.25) is 0 Å². The number of nitrogens with one attached hydrogen (secondary N) is 1. The molecule has 0 spiro atoms. The Kier molecular flexibility index (Phi) is 7.21. The summed E-state index contributed by atoms with van der Waals surface area (Å²) in [5.41, 5.74) is 4.74. The third-order valence-corrected chi connectivity index (χ3v) is 7.76. The normalized spacial score (nSPS) is 20.7. The first-order valence-corrected chi connectivity index (χ1v) is 13.2. The fraction of sp³-hybridized carbons (Fsp3) is 0.517. The van der Waals surface area contributed by atoms with Gasteiger partial charge in [0, 0.05) is 49.4 Å². The molecule has 2 fully saturated rings. The van der Waals surface area contributed by atoms with Crippen LogP contribution in [0.15, 0.2) is 42.5 Å². The van der Waals surface area contributed by atoms with Gasteiger partial charge in [-0.1, -0.05) is 30.7 Å². The summed E-state index contributed by atoms with van der Waals surface area (Å²) >= 11 is 0. The van der Waals surface area contributed by atoms with Gasteiger partial charge in [-0.15, -0.1) is 0 Å². The highest BCUT2D eigenvalue weighted by atomic mass is 16.5. The molecule has 186 valence electrons. The average Bonchev–Trinajstić information content (AvgIpc) is 3.29. The van der Waals surface area contributed by atoms with Gasteiger partial charge < -0.3 is 15.0 Å². The van der Waals surface area contributed by atoms with Crippen LogP contribution in [0.5, 0.6) is 0 Å². The first-order valence-electron chi connectivity index (χ1n) is 13.2. The number of amides is 2. The number of rotatable bonds is 8. The molecule has 1 atom stereocenters. The van der Waals surface area contributed by atoms with Gasteiger partial charge in [-0.3, -0.25) is 14.5 Å². The Balaban J connectivity index is 1.21. The fourth-order valence-corrected chi connectivity index (χ4v) is 5.52. The van der Waals surface area contributed by atoms with Crippen molar-refractivity contribution in [2.45, 2.75) is 64.1 Å². The molecule has 0 aromatic heterocycles. The van der Waals surface area contributed by atoms with Crippen LogP contribution in [0.1, 0.15) is 65.8 Å². The van der Waals surface area contributed by atoms with Crippen molar-refractivity contribution in [3.63, 3.8) is 0 Å². The second-order valence-corrected chi connectivity index (χ2v) is 10.4. The Labute approximate surface area is 208 Å². The number of carbonyl (C=O) groups excluding carboxylic acids is 2. The predicted octanol–water partition coefficient (Wildman–Crippen LogP) is 4.13. The number of ether oxygens (including phenoxy) is 1. The molecule has 6 nitrogen and oxygen atoms in total. The fourth-order valence-electron chi connectivity index (χ4n) is 5.52. The van der Waals surface area contributed by atoms with Crippen LogP contribution < -0.4 is 5.32 Å². The molecule has 2 aromatic rings. The predicted molar refractivity (Wildman–Crippen MR) is 138 cm³/mol. The zero-order valence-corrected chi connectivity index (χ0v) is 21.0. The molecule has 2 amide bonds. The Morgan fingerprint density at radius 3 is 2.51 bits per heavy atom. The molecule has 3 aliphatic rings. The number of nitrogens with zero attached hydrogens (tertiary/aromatic N) is 2. The lowest BCUT2D eigenvalue weighted by atomic mass is 9.92. The molecule has 35 heavy (non-hydrogen) atoms. The van der Waals surface area contributed by atoms with E-state index in [0.29, 0.717) is 24.8 Å². The van der Waals surface area contributed by atoms with E-state index in [0.717, 1.165) is 60.8 Å². The molecule has 0 radical (unpaired) electrons. The molecule has 1 saturated carbocycles. The van der Waals surface area contributed by atoms with Gasteiger partial charge in [-0.2, -0.15) is 0 Å². The Morgan fingerprint density at radius 1 is 1.03 bits per heavy atom. The number of carbonyl (C=O) groups is 2. The van der Waals surface area contributed by atoms with Crippen molar-refractivity contribution in [1.29, 1.82) is 0 Å². The molecule has 1 N–H and O–H groups in total. The second kappa shape index (κ2) is 10.5. The van der Waals surface area contributed by atoms with Gasteiger partial charge in [-0.05, 0) is 74.4 Å². The summed E-state index contributed by atoms with van der Waals surface area (Å²) in [6, 6.07) is 15.0. The maximum Gasteiger partial charge on any atom is 0.254 e. The van der Waals surface area contributed by atoms with E-state index in [-0.39, 0.29) is 17.9 Å². The lowest BCUT2D eigenvalue weighted by Gasteiger charge is -2.37. The molecule has 2 aromatic carbocycles. The van der Waals surface area contributed by atoms with E-state index in [2.05, 4.69) is 21.2 Å². The molecule has 2 aliphatic heterocycles. The summed E-state index contributed by atoms with van der Waals surface area (Å²) in [5, 5.41) is 2.89. The van der Waals surface area contributed by atoms with Crippen LogP contribution >= 0.6 is 0 Å². The van der Waals surface area contributed by atoms with E-state index in [9.17, 15) is 9.59 Å². The summed E-state index contributed by atoms with van der Waals surface area (Å²) in [6.45, 7) is 7.93. The molecule has 1 aliphatic carbocycles. The van der Waals surface area contributed by atoms with Gasteiger partial charge >= 0.3 is 0 Å². The smallest absolute Gasteiger partial charge is 0.254 e. The van der Waals surface area contributed by atoms with Crippen molar-refractivity contribution in [1.82, 2.24) is 15.1 Å². The van der Waals surface area contributed by atoms with Crippen molar-refractivity contribution in [3.8, 4) is 11.1 Å². The van der Waals surface area contributed by atoms with E-state index in [1.54, 1.807) is 0 Å². The van der Waals surface area contributed by atoms with Crippen LogP contribution in [0.3, 0.4) is 0 Å². The zero-order valence-electron chi connectivity index (χ0n) is 21.0. The van der Waals surface area contributed by atoms with Crippen molar-refractivity contribution in [2.24, 2.45) is 0 Å². The molecule has 0 bridgehead atoms. The first kappa shape index (κ1) is 24.0. The van der Waals surface area contributed by atoms with Gasteiger partial charge in [0.25, 0.3) is 11.8 Å². The van der Waals surface area contributed by atoms with E-state index in [1.807, 2.05) is 50.2 Å². The van der Waals surface area contributed by atoms with Crippen molar-refractivity contribution in [3.05, 3.63) is 59.2 Å². The van der Waals surface area contributed by atoms with Gasteiger partial charge in [0.1, 0.15) is 0 Å². The maximum absolute atomic E-state index is 13.3. The molecular formula is C29H37N3O3. The molecule has 0 unspecified atom stereocenters. The quantitative estimate of drug-likeness (QED) is 0.583. The van der Waals surface area contributed by atoms with Gasteiger partial charge in [0.05, 0.1) is 12.7 Å². The number of benzene rings is 2. The second-order valence-electron chi connectivity index (χ2n) is 10.4. The van der Waals surface area contributed by atoms with Crippen LogP contribution in [0.4, 0.5) is 0 Å².